The molecule has 0 spiro atoms. The van der Waals surface area contributed by atoms with Gasteiger partial charge < -0.3 is 10.2 Å². The van der Waals surface area contributed by atoms with Crippen molar-refractivity contribution in [3.8, 4) is 0 Å². The zero-order valence-corrected chi connectivity index (χ0v) is 10.6. The summed E-state index contributed by atoms with van der Waals surface area (Å²) in [6, 6.07) is 9.97. The minimum Gasteiger partial charge on any atom is -0.468 e. The van der Waals surface area contributed by atoms with Crippen LogP contribution in [0.3, 0.4) is 0 Å². The van der Waals surface area contributed by atoms with Crippen molar-refractivity contribution >= 4 is 0 Å². The van der Waals surface area contributed by atoms with Crippen LogP contribution in [-0.4, -0.2) is 30.0 Å². The highest BCUT2D eigenvalue weighted by atomic mass is 16.3. The van der Waals surface area contributed by atoms with Gasteiger partial charge in [0.05, 0.1) is 12.3 Å². The first kappa shape index (κ1) is 12.8. The molecule has 0 aliphatic heterocycles. The molecule has 0 aliphatic carbocycles. The standard InChI is InChI=1S/C14H19N3O/c1-17(9-7-12-5-2-3-8-16-12)13(11-15)14-6-4-10-18-14/h2-6,8,10,13H,7,9,11,15H2,1H3. The SMILES string of the molecule is CN(CCc1ccccn1)C(CN)c1ccco1. The molecule has 0 aliphatic rings. The summed E-state index contributed by atoms with van der Waals surface area (Å²) in [5, 5.41) is 0. The molecule has 2 N–H and O–H groups in total. The van der Waals surface area contributed by atoms with E-state index in [4.69, 9.17) is 10.2 Å². The van der Waals surface area contributed by atoms with E-state index in [2.05, 4.69) is 16.9 Å². The zero-order chi connectivity index (χ0) is 12.8. The topological polar surface area (TPSA) is 55.3 Å². The minimum absolute atomic E-state index is 0.128. The average Bonchev–Trinajstić information content (AvgIpc) is 2.92. The third kappa shape index (κ3) is 3.18. The number of hydrogen-bond donors (Lipinski definition) is 1. The van der Waals surface area contributed by atoms with Gasteiger partial charge in [0.2, 0.25) is 0 Å². The Kier molecular flexibility index (Phi) is 4.50. The van der Waals surface area contributed by atoms with Gasteiger partial charge in [0.1, 0.15) is 5.76 Å². The largest absolute Gasteiger partial charge is 0.468 e. The average molecular weight is 245 g/mol. The van der Waals surface area contributed by atoms with Crippen molar-refractivity contribution in [1.29, 1.82) is 0 Å². The number of furan rings is 1. The maximum Gasteiger partial charge on any atom is 0.122 e. The van der Waals surface area contributed by atoms with Crippen LogP contribution < -0.4 is 5.73 Å². The molecule has 0 aromatic carbocycles. The second-order valence-electron chi connectivity index (χ2n) is 4.32. The summed E-state index contributed by atoms with van der Waals surface area (Å²) in [5.41, 5.74) is 6.91. The molecule has 18 heavy (non-hydrogen) atoms. The first-order valence-electron chi connectivity index (χ1n) is 6.15. The van der Waals surface area contributed by atoms with Gasteiger partial charge in [-0.05, 0) is 31.3 Å². The van der Waals surface area contributed by atoms with Gasteiger partial charge in [-0.15, -0.1) is 0 Å². The van der Waals surface area contributed by atoms with Crippen LogP contribution in [0.25, 0.3) is 0 Å². The summed E-state index contributed by atoms with van der Waals surface area (Å²) in [7, 11) is 2.06. The molecule has 0 amide bonds. The first-order valence-corrected chi connectivity index (χ1v) is 6.15. The van der Waals surface area contributed by atoms with Crippen LogP contribution in [0.2, 0.25) is 0 Å². The molecule has 0 saturated heterocycles. The van der Waals surface area contributed by atoms with Crippen molar-refractivity contribution in [2.45, 2.75) is 12.5 Å². The number of nitrogens with two attached hydrogens (primary N) is 1. The maximum atomic E-state index is 5.82. The van der Waals surface area contributed by atoms with Gasteiger partial charge in [-0.3, -0.25) is 9.88 Å². The number of hydrogen-bond acceptors (Lipinski definition) is 4. The van der Waals surface area contributed by atoms with Crippen LogP contribution in [0.4, 0.5) is 0 Å². The van der Waals surface area contributed by atoms with Gasteiger partial charge in [-0.2, -0.15) is 0 Å². The Bertz CT molecular complexity index is 441. The predicted octanol–water partition coefficient (Wildman–Crippen LogP) is 1.85. The second kappa shape index (κ2) is 6.33. The lowest BCUT2D eigenvalue weighted by molar-refractivity contribution is 0.222. The van der Waals surface area contributed by atoms with Crippen molar-refractivity contribution in [2.75, 3.05) is 20.1 Å². The van der Waals surface area contributed by atoms with Gasteiger partial charge in [0.15, 0.2) is 0 Å². The van der Waals surface area contributed by atoms with Crippen molar-refractivity contribution in [3.05, 3.63) is 54.2 Å². The van der Waals surface area contributed by atoms with E-state index in [-0.39, 0.29) is 6.04 Å². The molecule has 2 heterocycles. The quantitative estimate of drug-likeness (QED) is 0.844. The van der Waals surface area contributed by atoms with E-state index in [1.54, 1.807) is 6.26 Å². The molecule has 1 atom stereocenters. The van der Waals surface area contributed by atoms with Crippen LogP contribution >= 0.6 is 0 Å². The maximum absolute atomic E-state index is 5.82. The number of nitrogens with zero attached hydrogens (tertiary/aromatic N) is 2. The van der Waals surface area contributed by atoms with E-state index in [1.807, 2.05) is 36.5 Å². The minimum atomic E-state index is 0.128. The van der Waals surface area contributed by atoms with Crippen LogP contribution in [0.15, 0.2) is 47.2 Å². The molecule has 2 rings (SSSR count). The van der Waals surface area contributed by atoms with Crippen molar-refractivity contribution in [2.24, 2.45) is 5.73 Å². The summed E-state index contributed by atoms with van der Waals surface area (Å²) in [4.78, 5) is 6.52. The zero-order valence-electron chi connectivity index (χ0n) is 10.6. The molecular weight excluding hydrogens is 226 g/mol. The third-order valence-corrected chi connectivity index (χ3v) is 3.07. The van der Waals surface area contributed by atoms with Crippen molar-refractivity contribution < 1.29 is 4.42 Å². The van der Waals surface area contributed by atoms with Gasteiger partial charge in [-0.1, -0.05) is 6.07 Å². The fourth-order valence-electron chi connectivity index (χ4n) is 1.99. The molecular formula is C14H19N3O. The Hall–Kier alpha value is -1.65. The highest BCUT2D eigenvalue weighted by Gasteiger charge is 2.17. The van der Waals surface area contributed by atoms with Crippen molar-refractivity contribution in [3.63, 3.8) is 0 Å². The molecule has 0 bridgehead atoms. The molecule has 1 unspecified atom stereocenters. The fourth-order valence-corrected chi connectivity index (χ4v) is 1.99. The summed E-state index contributed by atoms with van der Waals surface area (Å²) >= 11 is 0. The van der Waals surface area contributed by atoms with Crippen LogP contribution in [0.5, 0.6) is 0 Å². The van der Waals surface area contributed by atoms with Crippen LogP contribution in [0, 0.1) is 0 Å². The van der Waals surface area contributed by atoms with Gasteiger partial charge in [0, 0.05) is 31.4 Å². The lowest BCUT2D eigenvalue weighted by Gasteiger charge is -2.24. The number of aromatic nitrogens is 1. The summed E-state index contributed by atoms with van der Waals surface area (Å²) in [5.74, 6) is 0.918. The van der Waals surface area contributed by atoms with E-state index in [0.717, 1.165) is 24.4 Å². The van der Waals surface area contributed by atoms with Gasteiger partial charge in [0.25, 0.3) is 0 Å². The van der Waals surface area contributed by atoms with Gasteiger partial charge in [-0.25, -0.2) is 0 Å². The molecule has 0 radical (unpaired) electrons. The van der Waals surface area contributed by atoms with Crippen LogP contribution in [0.1, 0.15) is 17.5 Å². The smallest absolute Gasteiger partial charge is 0.122 e. The molecule has 96 valence electrons. The lowest BCUT2D eigenvalue weighted by Crippen LogP contribution is -2.32. The Labute approximate surface area is 107 Å². The van der Waals surface area contributed by atoms with Gasteiger partial charge >= 0.3 is 0 Å². The first-order chi connectivity index (χ1) is 8.81. The van der Waals surface area contributed by atoms with E-state index in [1.165, 1.54) is 0 Å². The summed E-state index contributed by atoms with van der Waals surface area (Å²) < 4.78 is 5.42. The van der Waals surface area contributed by atoms with Crippen molar-refractivity contribution in [1.82, 2.24) is 9.88 Å². The Morgan fingerprint density at radius 2 is 2.22 bits per heavy atom. The molecule has 2 aromatic rings. The molecule has 2 aromatic heterocycles. The van der Waals surface area contributed by atoms with E-state index in [9.17, 15) is 0 Å². The second-order valence-corrected chi connectivity index (χ2v) is 4.32. The van der Waals surface area contributed by atoms with Crippen LogP contribution in [-0.2, 0) is 6.42 Å². The summed E-state index contributed by atoms with van der Waals surface area (Å²) in [6.07, 6.45) is 4.42. The number of pyridine rings is 1. The Balaban J connectivity index is 1.92. The molecule has 0 fully saturated rings. The monoisotopic (exact) mass is 245 g/mol. The molecule has 4 nitrogen and oxygen atoms in total. The van der Waals surface area contributed by atoms with E-state index in [0.29, 0.717) is 6.54 Å². The Morgan fingerprint density at radius 3 is 2.83 bits per heavy atom. The third-order valence-electron chi connectivity index (χ3n) is 3.07. The highest BCUT2D eigenvalue weighted by Crippen LogP contribution is 2.18. The summed E-state index contributed by atoms with van der Waals surface area (Å²) in [6.45, 7) is 1.45. The normalized spacial score (nSPS) is 12.8. The predicted molar refractivity (Wildman–Crippen MR) is 71.1 cm³/mol. The van der Waals surface area contributed by atoms with E-state index < -0.39 is 0 Å². The number of rotatable bonds is 6. The highest BCUT2D eigenvalue weighted by molar-refractivity contribution is 5.06. The van der Waals surface area contributed by atoms with E-state index >= 15 is 0 Å². The molecule has 4 heteroatoms. The lowest BCUT2D eigenvalue weighted by atomic mass is 10.2. The Morgan fingerprint density at radius 1 is 1.33 bits per heavy atom. The number of likely N-dealkylation sites (N-methyl/N-ethyl adjacent to an activating group) is 1. The fraction of sp³-hybridized carbons (Fsp3) is 0.357. The molecule has 0 saturated carbocycles.